The van der Waals surface area contributed by atoms with Crippen molar-refractivity contribution in [3.63, 3.8) is 0 Å². The SMILES string of the molecule is CCOC(=O)[C@H](SCCN(CC)CC)c1ccccc1. The van der Waals surface area contributed by atoms with Crippen molar-refractivity contribution in [2.75, 3.05) is 32.0 Å². The lowest BCUT2D eigenvalue weighted by Gasteiger charge is -2.20. The molecule has 0 saturated heterocycles. The predicted octanol–water partition coefficient (Wildman–Crippen LogP) is 3.37. The molecular weight excluding hydrogens is 270 g/mol. The molecule has 4 heteroatoms. The van der Waals surface area contributed by atoms with Crippen LogP contribution in [0.1, 0.15) is 31.6 Å². The van der Waals surface area contributed by atoms with Gasteiger partial charge in [0.05, 0.1) is 6.61 Å². The first kappa shape index (κ1) is 17.1. The lowest BCUT2D eigenvalue weighted by Crippen LogP contribution is -2.26. The molecule has 0 saturated carbocycles. The summed E-state index contributed by atoms with van der Waals surface area (Å²) in [7, 11) is 0. The largest absolute Gasteiger partial charge is 0.465 e. The van der Waals surface area contributed by atoms with E-state index in [9.17, 15) is 4.79 Å². The Morgan fingerprint density at radius 3 is 2.40 bits per heavy atom. The lowest BCUT2D eigenvalue weighted by molar-refractivity contribution is -0.142. The van der Waals surface area contributed by atoms with E-state index in [4.69, 9.17) is 4.74 Å². The minimum absolute atomic E-state index is 0.136. The van der Waals surface area contributed by atoms with E-state index < -0.39 is 0 Å². The summed E-state index contributed by atoms with van der Waals surface area (Å²) in [5.74, 6) is 0.795. The van der Waals surface area contributed by atoms with Crippen molar-refractivity contribution >= 4 is 17.7 Å². The van der Waals surface area contributed by atoms with Gasteiger partial charge in [-0.1, -0.05) is 44.2 Å². The molecule has 0 aliphatic carbocycles. The van der Waals surface area contributed by atoms with Crippen LogP contribution in [0.15, 0.2) is 30.3 Å². The topological polar surface area (TPSA) is 29.5 Å². The van der Waals surface area contributed by atoms with E-state index in [1.54, 1.807) is 11.8 Å². The van der Waals surface area contributed by atoms with Crippen molar-refractivity contribution in [3.8, 4) is 0 Å². The third-order valence-corrected chi connectivity index (χ3v) is 4.41. The Morgan fingerprint density at radius 2 is 1.85 bits per heavy atom. The molecule has 0 bridgehead atoms. The molecule has 0 aromatic heterocycles. The van der Waals surface area contributed by atoms with Gasteiger partial charge in [-0.15, -0.1) is 11.8 Å². The van der Waals surface area contributed by atoms with E-state index in [0.29, 0.717) is 6.61 Å². The summed E-state index contributed by atoms with van der Waals surface area (Å²) in [5, 5.41) is -0.216. The number of esters is 1. The number of rotatable bonds is 9. The summed E-state index contributed by atoms with van der Waals surface area (Å²) < 4.78 is 5.20. The number of ether oxygens (including phenoxy) is 1. The van der Waals surface area contributed by atoms with Crippen molar-refractivity contribution in [2.24, 2.45) is 0 Å². The van der Waals surface area contributed by atoms with Crippen LogP contribution in [0.2, 0.25) is 0 Å². The first-order valence-corrected chi connectivity index (χ1v) is 8.33. The Hall–Kier alpha value is -1.00. The molecule has 1 atom stereocenters. The number of hydrogen-bond donors (Lipinski definition) is 0. The van der Waals surface area contributed by atoms with Gasteiger partial charge in [0, 0.05) is 12.3 Å². The van der Waals surface area contributed by atoms with Gasteiger partial charge < -0.3 is 9.64 Å². The van der Waals surface area contributed by atoms with E-state index >= 15 is 0 Å². The molecule has 112 valence electrons. The standard InChI is InChI=1S/C16H25NO2S/c1-4-17(5-2)12-13-20-15(16(18)19-6-3)14-10-8-7-9-11-14/h7-11,15H,4-6,12-13H2,1-3H3/t15-/m1/s1. The van der Waals surface area contributed by atoms with Gasteiger partial charge in [0.15, 0.2) is 0 Å². The molecule has 3 nitrogen and oxygen atoms in total. The Kier molecular flexibility index (Phi) is 8.38. The van der Waals surface area contributed by atoms with Gasteiger partial charge in [-0.3, -0.25) is 4.79 Å². The molecule has 0 amide bonds. The maximum Gasteiger partial charge on any atom is 0.323 e. The van der Waals surface area contributed by atoms with Crippen LogP contribution < -0.4 is 0 Å². The van der Waals surface area contributed by atoms with Crippen LogP contribution in [0.4, 0.5) is 0 Å². The van der Waals surface area contributed by atoms with E-state index in [2.05, 4.69) is 18.7 Å². The molecule has 0 unspecified atom stereocenters. The highest BCUT2D eigenvalue weighted by molar-refractivity contribution is 8.00. The van der Waals surface area contributed by atoms with E-state index in [1.807, 2.05) is 37.3 Å². The summed E-state index contributed by atoms with van der Waals surface area (Å²) in [6, 6.07) is 9.88. The van der Waals surface area contributed by atoms with Gasteiger partial charge in [0.1, 0.15) is 5.25 Å². The van der Waals surface area contributed by atoms with Crippen molar-refractivity contribution in [3.05, 3.63) is 35.9 Å². The van der Waals surface area contributed by atoms with Crippen LogP contribution in [-0.2, 0) is 9.53 Å². The molecule has 1 aromatic carbocycles. The second-order valence-corrected chi connectivity index (χ2v) is 5.65. The second kappa shape index (κ2) is 9.83. The molecule has 0 spiro atoms. The highest BCUT2D eigenvalue weighted by Gasteiger charge is 2.22. The summed E-state index contributed by atoms with van der Waals surface area (Å²) in [5.41, 5.74) is 1.02. The summed E-state index contributed by atoms with van der Waals surface area (Å²) in [6.45, 7) is 9.70. The third kappa shape index (κ3) is 5.55. The monoisotopic (exact) mass is 295 g/mol. The highest BCUT2D eigenvalue weighted by Crippen LogP contribution is 2.30. The van der Waals surface area contributed by atoms with Gasteiger partial charge in [-0.2, -0.15) is 0 Å². The zero-order chi connectivity index (χ0) is 14.8. The molecule has 0 N–H and O–H groups in total. The normalized spacial score (nSPS) is 12.4. The predicted molar refractivity (Wildman–Crippen MR) is 86.1 cm³/mol. The second-order valence-electron chi connectivity index (χ2n) is 4.44. The molecule has 0 aliphatic rings. The van der Waals surface area contributed by atoms with Crippen molar-refractivity contribution < 1.29 is 9.53 Å². The molecule has 0 aliphatic heterocycles. The van der Waals surface area contributed by atoms with Gasteiger partial charge in [-0.05, 0) is 25.6 Å². The number of nitrogens with zero attached hydrogens (tertiary/aromatic N) is 1. The van der Waals surface area contributed by atoms with Crippen molar-refractivity contribution in [1.29, 1.82) is 0 Å². The minimum atomic E-state index is -0.216. The Bertz CT molecular complexity index is 379. The number of hydrogen-bond acceptors (Lipinski definition) is 4. The average molecular weight is 295 g/mol. The van der Waals surface area contributed by atoms with Crippen molar-refractivity contribution in [2.45, 2.75) is 26.0 Å². The minimum Gasteiger partial charge on any atom is -0.465 e. The molecule has 0 heterocycles. The third-order valence-electron chi connectivity index (χ3n) is 3.19. The van der Waals surface area contributed by atoms with Gasteiger partial charge in [-0.25, -0.2) is 0 Å². The number of benzene rings is 1. The zero-order valence-corrected chi connectivity index (χ0v) is 13.5. The first-order chi connectivity index (χ1) is 9.72. The lowest BCUT2D eigenvalue weighted by atomic mass is 10.1. The van der Waals surface area contributed by atoms with Crippen LogP contribution >= 0.6 is 11.8 Å². The summed E-state index contributed by atoms with van der Waals surface area (Å²) >= 11 is 1.67. The smallest absolute Gasteiger partial charge is 0.323 e. The summed E-state index contributed by atoms with van der Waals surface area (Å²) in [4.78, 5) is 14.5. The van der Waals surface area contributed by atoms with Crippen LogP contribution in [-0.4, -0.2) is 42.9 Å². The number of carbonyl (C=O) groups is 1. The van der Waals surface area contributed by atoms with Gasteiger partial charge >= 0.3 is 5.97 Å². The van der Waals surface area contributed by atoms with Crippen molar-refractivity contribution in [1.82, 2.24) is 4.90 Å². The molecule has 20 heavy (non-hydrogen) atoms. The fourth-order valence-corrected chi connectivity index (χ4v) is 3.14. The molecular formula is C16H25NO2S. The average Bonchev–Trinajstić information content (AvgIpc) is 2.48. The summed E-state index contributed by atoms with van der Waals surface area (Å²) in [6.07, 6.45) is 0. The highest BCUT2D eigenvalue weighted by atomic mass is 32.2. The quantitative estimate of drug-likeness (QED) is 0.653. The molecule has 0 fully saturated rings. The van der Waals surface area contributed by atoms with Crippen LogP contribution in [0.3, 0.4) is 0 Å². The first-order valence-electron chi connectivity index (χ1n) is 7.28. The van der Waals surface area contributed by atoms with Crippen LogP contribution in [0.25, 0.3) is 0 Å². The van der Waals surface area contributed by atoms with Gasteiger partial charge in [0.2, 0.25) is 0 Å². The number of carbonyl (C=O) groups excluding carboxylic acids is 1. The maximum absolute atomic E-state index is 12.1. The van der Waals surface area contributed by atoms with E-state index in [1.165, 1.54) is 0 Å². The Balaban J connectivity index is 2.62. The van der Waals surface area contributed by atoms with Crippen LogP contribution in [0.5, 0.6) is 0 Å². The Morgan fingerprint density at radius 1 is 1.20 bits per heavy atom. The van der Waals surface area contributed by atoms with Crippen LogP contribution in [0, 0.1) is 0 Å². The molecule has 0 radical (unpaired) electrons. The van der Waals surface area contributed by atoms with E-state index in [-0.39, 0.29) is 11.2 Å². The fourth-order valence-electron chi connectivity index (χ4n) is 1.99. The molecule has 1 rings (SSSR count). The number of thioether (sulfide) groups is 1. The van der Waals surface area contributed by atoms with E-state index in [0.717, 1.165) is 31.0 Å². The maximum atomic E-state index is 12.1. The van der Waals surface area contributed by atoms with Gasteiger partial charge in [0.25, 0.3) is 0 Å². The molecule has 1 aromatic rings. The fraction of sp³-hybridized carbons (Fsp3) is 0.562. The zero-order valence-electron chi connectivity index (χ0n) is 12.7. The Labute approximate surface area is 126 Å².